The van der Waals surface area contributed by atoms with Gasteiger partial charge in [-0.1, -0.05) is 48.5 Å². The van der Waals surface area contributed by atoms with E-state index in [1.54, 1.807) is 9.21 Å². The van der Waals surface area contributed by atoms with Crippen LogP contribution in [0.3, 0.4) is 0 Å². The molecule has 1 N–H and O–H groups in total. The lowest BCUT2D eigenvalue weighted by Crippen LogP contribution is -3.19. The SMILES string of the molecule is CCN(C(=O)[C@H](C)[NH+]1CCN(S(=O)(=O)Cc2ccccc2)CC1)c1ccccc1. The van der Waals surface area contributed by atoms with Crippen molar-refractivity contribution >= 4 is 21.6 Å². The molecule has 1 fully saturated rings. The number of anilines is 1. The highest BCUT2D eigenvalue weighted by Gasteiger charge is 2.35. The van der Waals surface area contributed by atoms with Crippen LogP contribution in [0.5, 0.6) is 0 Å². The van der Waals surface area contributed by atoms with Crippen molar-refractivity contribution in [1.82, 2.24) is 4.31 Å². The molecule has 0 aromatic heterocycles. The van der Waals surface area contributed by atoms with Crippen LogP contribution in [0.1, 0.15) is 19.4 Å². The summed E-state index contributed by atoms with van der Waals surface area (Å²) in [5, 5.41) is 0. The second-order valence-electron chi connectivity index (χ2n) is 7.44. The van der Waals surface area contributed by atoms with Crippen LogP contribution in [-0.2, 0) is 20.6 Å². The summed E-state index contributed by atoms with van der Waals surface area (Å²) in [6.07, 6.45) is 0. The van der Waals surface area contributed by atoms with Gasteiger partial charge in [0.25, 0.3) is 5.91 Å². The van der Waals surface area contributed by atoms with E-state index in [0.29, 0.717) is 32.7 Å². The molecule has 0 aliphatic carbocycles. The molecule has 0 unspecified atom stereocenters. The van der Waals surface area contributed by atoms with Crippen molar-refractivity contribution in [1.29, 1.82) is 0 Å². The highest BCUT2D eigenvalue weighted by Crippen LogP contribution is 2.14. The van der Waals surface area contributed by atoms with E-state index in [9.17, 15) is 13.2 Å². The van der Waals surface area contributed by atoms with Gasteiger partial charge in [-0.25, -0.2) is 8.42 Å². The third-order valence-corrected chi connectivity index (χ3v) is 7.43. The number of carbonyl (C=O) groups excluding carboxylic acids is 1. The van der Waals surface area contributed by atoms with Crippen LogP contribution in [0, 0.1) is 0 Å². The van der Waals surface area contributed by atoms with Gasteiger partial charge in [-0.05, 0) is 31.5 Å². The molecule has 7 heteroatoms. The summed E-state index contributed by atoms with van der Waals surface area (Å²) in [6, 6.07) is 18.7. The van der Waals surface area contributed by atoms with E-state index in [2.05, 4.69) is 0 Å². The van der Waals surface area contributed by atoms with E-state index in [4.69, 9.17) is 0 Å². The minimum atomic E-state index is -3.35. The number of para-hydroxylation sites is 1. The molecule has 1 aliphatic rings. The summed E-state index contributed by atoms with van der Waals surface area (Å²) in [5.41, 5.74) is 1.70. The van der Waals surface area contributed by atoms with Crippen molar-refractivity contribution in [3.05, 3.63) is 66.2 Å². The van der Waals surface area contributed by atoms with Gasteiger partial charge < -0.3 is 9.80 Å². The van der Waals surface area contributed by atoms with Crippen LogP contribution in [-0.4, -0.2) is 57.4 Å². The minimum Gasteiger partial charge on any atom is -0.323 e. The van der Waals surface area contributed by atoms with Crippen molar-refractivity contribution in [2.75, 3.05) is 37.6 Å². The van der Waals surface area contributed by atoms with Crippen LogP contribution in [0.4, 0.5) is 5.69 Å². The number of likely N-dealkylation sites (N-methyl/N-ethyl adjacent to an activating group) is 1. The zero-order chi connectivity index (χ0) is 20.9. The number of quaternary nitrogens is 1. The zero-order valence-electron chi connectivity index (χ0n) is 17.1. The van der Waals surface area contributed by atoms with Gasteiger partial charge in [0, 0.05) is 12.2 Å². The average molecular weight is 417 g/mol. The molecule has 1 heterocycles. The van der Waals surface area contributed by atoms with E-state index in [1.807, 2.05) is 74.5 Å². The molecular formula is C22H30N3O3S+. The summed E-state index contributed by atoms with van der Waals surface area (Å²) in [5.74, 6) is 0.101. The van der Waals surface area contributed by atoms with Crippen LogP contribution < -0.4 is 9.80 Å². The lowest BCUT2D eigenvalue weighted by Gasteiger charge is -2.35. The third-order valence-electron chi connectivity index (χ3n) is 5.58. The predicted octanol–water partition coefficient (Wildman–Crippen LogP) is 1.16. The fourth-order valence-electron chi connectivity index (χ4n) is 3.84. The standard InChI is InChI=1S/C22H29N3O3S/c1-3-25(21-12-8-5-9-13-21)22(26)19(2)23-14-16-24(17-15-23)29(27,28)18-20-10-6-4-7-11-20/h4-13,19H,3,14-18H2,1-2H3/p+1/t19-/m0/s1. The van der Waals surface area contributed by atoms with Crippen molar-refractivity contribution < 1.29 is 18.1 Å². The topological polar surface area (TPSA) is 62.1 Å². The van der Waals surface area contributed by atoms with Gasteiger partial charge in [0.05, 0.1) is 31.9 Å². The molecule has 1 saturated heterocycles. The van der Waals surface area contributed by atoms with Crippen LogP contribution in [0.15, 0.2) is 60.7 Å². The first-order valence-electron chi connectivity index (χ1n) is 10.1. The monoisotopic (exact) mass is 416 g/mol. The first-order chi connectivity index (χ1) is 13.9. The van der Waals surface area contributed by atoms with Crippen molar-refractivity contribution in [3.63, 3.8) is 0 Å². The lowest BCUT2D eigenvalue weighted by atomic mass is 10.2. The maximum Gasteiger partial charge on any atom is 0.284 e. The highest BCUT2D eigenvalue weighted by molar-refractivity contribution is 7.88. The molecule has 2 aromatic rings. The third kappa shape index (κ3) is 5.23. The Kier molecular flexibility index (Phi) is 7.05. The van der Waals surface area contributed by atoms with Crippen LogP contribution in [0.2, 0.25) is 0 Å². The Morgan fingerprint density at radius 3 is 2.14 bits per heavy atom. The molecule has 29 heavy (non-hydrogen) atoms. The van der Waals surface area contributed by atoms with Gasteiger partial charge in [0.1, 0.15) is 0 Å². The molecule has 0 radical (unpaired) electrons. The quantitative estimate of drug-likeness (QED) is 0.737. The van der Waals surface area contributed by atoms with E-state index < -0.39 is 10.0 Å². The average Bonchev–Trinajstić information content (AvgIpc) is 2.75. The van der Waals surface area contributed by atoms with Crippen molar-refractivity contribution in [3.8, 4) is 0 Å². The van der Waals surface area contributed by atoms with Gasteiger partial charge >= 0.3 is 0 Å². The summed E-state index contributed by atoms with van der Waals surface area (Å²) in [4.78, 5) is 16.0. The predicted molar refractivity (Wildman–Crippen MR) is 115 cm³/mol. The Morgan fingerprint density at radius 2 is 1.59 bits per heavy atom. The molecule has 0 saturated carbocycles. The molecule has 156 valence electrons. The number of nitrogens with zero attached hydrogens (tertiary/aromatic N) is 2. The highest BCUT2D eigenvalue weighted by atomic mass is 32.2. The lowest BCUT2D eigenvalue weighted by molar-refractivity contribution is -0.917. The van der Waals surface area contributed by atoms with E-state index in [-0.39, 0.29) is 17.7 Å². The molecule has 3 rings (SSSR count). The Balaban J connectivity index is 1.60. The Hall–Kier alpha value is -2.22. The molecule has 6 nitrogen and oxygen atoms in total. The van der Waals surface area contributed by atoms with Crippen LogP contribution >= 0.6 is 0 Å². The molecule has 0 bridgehead atoms. The van der Waals surface area contributed by atoms with E-state index in [1.165, 1.54) is 0 Å². The maximum atomic E-state index is 13.1. The van der Waals surface area contributed by atoms with Gasteiger partial charge in [0.2, 0.25) is 10.0 Å². The molecule has 1 aliphatic heterocycles. The molecule has 1 atom stereocenters. The Labute approximate surface area is 173 Å². The van der Waals surface area contributed by atoms with E-state index in [0.717, 1.165) is 16.2 Å². The van der Waals surface area contributed by atoms with Crippen molar-refractivity contribution in [2.45, 2.75) is 25.6 Å². The molecular weight excluding hydrogens is 386 g/mol. The normalized spacial score (nSPS) is 17.0. The molecule has 0 spiro atoms. The maximum absolute atomic E-state index is 13.1. The summed E-state index contributed by atoms with van der Waals surface area (Å²) in [7, 11) is -3.35. The number of hydrogen-bond donors (Lipinski definition) is 1. The fraction of sp³-hybridized carbons (Fsp3) is 0.409. The second kappa shape index (κ2) is 9.52. The number of hydrogen-bond acceptors (Lipinski definition) is 3. The smallest absolute Gasteiger partial charge is 0.284 e. The van der Waals surface area contributed by atoms with Crippen molar-refractivity contribution in [2.24, 2.45) is 0 Å². The summed E-state index contributed by atoms with van der Waals surface area (Å²) < 4.78 is 27.1. The Morgan fingerprint density at radius 1 is 1.03 bits per heavy atom. The number of nitrogens with one attached hydrogen (secondary N) is 1. The van der Waals surface area contributed by atoms with Gasteiger partial charge in [0.15, 0.2) is 6.04 Å². The Bertz CT molecular complexity index is 895. The van der Waals surface area contributed by atoms with Gasteiger partial charge in [-0.15, -0.1) is 0 Å². The fourth-order valence-corrected chi connectivity index (χ4v) is 5.38. The first-order valence-corrected chi connectivity index (χ1v) is 11.8. The minimum absolute atomic E-state index is 0.0231. The molecule has 2 aromatic carbocycles. The number of piperazine rings is 1. The number of benzene rings is 2. The number of rotatable bonds is 7. The number of sulfonamides is 1. The first kappa shape index (κ1) is 21.5. The van der Waals surface area contributed by atoms with Gasteiger partial charge in [-0.2, -0.15) is 4.31 Å². The summed E-state index contributed by atoms with van der Waals surface area (Å²) in [6.45, 7) is 6.68. The largest absolute Gasteiger partial charge is 0.323 e. The number of amides is 1. The zero-order valence-corrected chi connectivity index (χ0v) is 17.9. The summed E-state index contributed by atoms with van der Waals surface area (Å²) >= 11 is 0. The molecule has 1 amide bonds. The van der Waals surface area contributed by atoms with Gasteiger partial charge in [-0.3, -0.25) is 4.79 Å². The second-order valence-corrected chi connectivity index (χ2v) is 9.41. The van der Waals surface area contributed by atoms with Crippen LogP contribution in [0.25, 0.3) is 0 Å². The number of carbonyl (C=O) groups is 1. The van der Waals surface area contributed by atoms with E-state index >= 15 is 0 Å².